The number of carbonyl (C=O) groups is 2. The fourth-order valence-corrected chi connectivity index (χ4v) is 2.18. The summed E-state index contributed by atoms with van der Waals surface area (Å²) >= 11 is 0. The van der Waals surface area contributed by atoms with Gasteiger partial charge in [0.25, 0.3) is 0 Å². The third-order valence-electron chi connectivity index (χ3n) is 3.57. The van der Waals surface area contributed by atoms with Gasteiger partial charge in [0.15, 0.2) is 0 Å². The molecule has 1 fully saturated rings. The van der Waals surface area contributed by atoms with E-state index in [2.05, 4.69) is 0 Å². The molecule has 1 aromatic rings. The van der Waals surface area contributed by atoms with E-state index in [9.17, 15) is 14.0 Å². The smallest absolute Gasteiger partial charge is 0.238 e. The molecule has 0 aromatic heterocycles. The highest BCUT2D eigenvalue weighted by Crippen LogP contribution is 2.47. The number of benzene rings is 1. The van der Waals surface area contributed by atoms with E-state index in [1.54, 1.807) is 12.1 Å². The number of aliphatic hydroxyl groups is 1. The number of hydrogen-bond acceptors (Lipinski definition) is 3. The first kappa shape index (κ1) is 14.5. The zero-order valence-electron chi connectivity index (χ0n) is 11.0. The number of halogens is 1. The van der Waals surface area contributed by atoms with Gasteiger partial charge in [-0.05, 0) is 30.5 Å². The number of amides is 2. The molecular weight excluding hydrogens is 263 g/mol. The van der Waals surface area contributed by atoms with E-state index in [1.165, 1.54) is 17.0 Å². The van der Waals surface area contributed by atoms with Crippen LogP contribution < -0.4 is 5.73 Å². The molecule has 1 aromatic carbocycles. The first-order chi connectivity index (χ1) is 9.49. The Morgan fingerprint density at radius 2 is 1.90 bits per heavy atom. The minimum Gasteiger partial charge on any atom is -0.395 e. The quantitative estimate of drug-likeness (QED) is 0.740. The third-order valence-corrected chi connectivity index (χ3v) is 3.57. The normalized spacial score (nSPS) is 15.7. The Labute approximate surface area is 116 Å². The van der Waals surface area contributed by atoms with Gasteiger partial charge >= 0.3 is 0 Å². The third kappa shape index (κ3) is 2.80. The van der Waals surface area contributed by atoms with Crippen LogP contribution in [0.25, 0.3) is 0 Å². The predicted molar refractivity (Wildman–Crippen MR) is 69.8 cm³/mol. The summed E-state index contributed by atoms with van der Waals surface area (Å²) in [5.74, 6) is -1.34. The summed E-state index contributed by atoms with van der Waals surface area (Å²) in [6.07, 6.45) is 0.902. The van der Waals surface area contributed by atoms with Gasteiger partial charge in [0.1, 0.15) is 11.2 Å². The summed E-state index contributed by atoms with van der Waals surface area (Å²) < 4.78 is 12.9. The summed E-state index contributed by atoms with van der Waals surface area (Å²) in [5, 5.41) is 9.06. The zero-order chi connectivity index (χ0) is 14.8. The number of carbonyl (C=O) groups excluding carboxylic acids is 2. The predicted octanol–water partition coefficient (Wildman–Crippen LogP) is 0.412. The Kier molecular flexibility index (Phi) is 4.04. The number of primary amides is 1. The van der Waals surface area contributed by atoms with Crippen molar-refractivity contribution in [2.75, 3.05) is 13.2 Å². The summed E-state index contributed by atoms with van der Waals surface area (Å²) in [7, 11) is 0. The highest BCUT2D eigenvalue weighted by molar-refractivity contribution is 6.07. The van der Waals surface area contributed by atoms with Crippen molar-refractivity contribution in [2.45, 2.75) is 19.4 Å². The molecule has 0 radical (unpaired) electrons. The van der Waals surface area contributed by atoms with Crippen LogP contribution in [0.3, 0.4) is 0 Å². The second-order valence-corrected chi connectivity index (χ2v) is 5.02. The molecule has 1 aliphatic carbocycles. The van der Waals surface area contributed by atoms with Crippen LogP contribution in [0.4, 0.5) is 4.39 Å². The van der Waals surface area contributed by atoms with Gasteiger partial charge in [0, 0.05) is 13.1 Å². The van der Waals surface area contributed by atoms with Crippen LogP contribution in [0, 0.1) is 11.2 Å². The average Bonchev–Trinajstić information content (AvgIpc) is 3.21. The minimum absolute atomic E-state index is 0.116. The van der Waals surface area contributed by atoms with E-state index >= 15 is 0 Å². The molecule has 6 heteroatoms. The second-order valence-electron chi connectivity index (χ2n) is 5.02. The van der Waals surface area contributed by atoms with Crippen molar-refractivity contribution in [2.24, 2.45) is 11.1 Å². The first-order valence-electron chi connectivity index (χ1n) is 6.44. The molecule has 0 unspecified atom stereocenters. The van der Waals surface area contributed by atoms with Gasteiger partial charge in [-0.25, -0.2) is 4.39 Å². The number of aliphatic hydroxyl groups excluding tert-OH is 1. The molecule has 0 bridgehead atoms. The fraction of sp³-hybridized carbons (Fsp3) is 0.429. The molecule has 1 saturated carbocycles. The molecule has 1 aliphatic rings. The molecule has 20 heavy (non-hydrogen) atoms. The van der Waals surface area contributed by atoms with Crippen molar-refractivity contribution < 1.29 is 19.1 Å². The summed E-state index contributed by atoms with van der Waals surface area (Å²) in [6, 6.07) is 5.74. The van der Waals surface area contributed by atoms with Gasteiger partial charge in [-0.15, -0.1) is 0 Å². The monoisotopic (exact) mass is 280 g/mol. The van der Waals surface area contributed by atoms with Crippen molar-refractivity contribution >= 4 is 11.8 Å². The Balaban J connectivity index is 2.13. The van der Waals surface area contributed by atoms with Gasteiger partial charge in [0.2, 0.25) is 11.8 Å². The van der Waals surface area contributed by atoms with E-state index in [-0.39, 0.29) is 31.4 Å². The van der Waals surface area contributed by atoms with Crippen molar-refractivity contribution in [3.8, 4) is 0 Å². The molecule has 2 rings (SSSR count). The van der Waals surface area contributed by atoms with Crippen LogP contribution in [-0.2, 0) is 16.1 Å². The highest BCUT2D eigenvalue weighted by Gasteiger charge is 2.56. The van der Waals surface area contributed by atoms with E-state index < -0.39 is 11.3 Å². The summed E-state index contributed by atoms with van der Waals surface area (Å²) in [4.78, 5) is 25.2. The van der Waals surface area contributed by atoms with E-state index in [4.69, 9.17) is 10.8 Å². The largest absolute Gasteiger partial charge is 0.395 e. The molecule has 0 heterocycles. The van der Waals surface area contributed by atoms with E-state index in [1.807, 2.05) is 0 Å². The molecule has 3 N–H and O–H groups in total. The van der Waals surface area contributed by atoms with E-state index in [0.29, 0.717) is 12.8 Å². The lowest BCUT2D eigenvalue weighted by molar-refractivity contribution is -0.143. The molecule has 0 saturated heterocycles. The standard InChI is InChI=1S/C14H17FN2O3/c15-11-3-1-10(2-4-11)9-17(7-8-18)13(20)14(5-6-14)12(16)19/h1-4,18H,5-9H2,(H2,16,19). The van der Waals surface area contributed by atoms with Gasteiger partial charge < -0.3 is 15.7 Å². The minimum atomic E-state index is -1.10. The summed E-state index contributed by atoms with van der Waals surface area (Å²) in [6.45, 7) is 0.127. The Morgan fingerprint density at radius 1 is 1.30 bits per heavy atom. The van der Waals surface area contributed by atoms with Crippen molar-refractivity contribution in [3.05, 3.63) is 35.6 Å². The molecular formula is C14H17FN2O3. The maximum absolute atomic E-state index is 12.9. The van der Waals surface area contributed by atoms with Gasteiger partial charge in [-0.3, -0.25) is 9.59 Å². The maximum atomic E-state index is 12.9. The number of hydrogen-bond donors (Lipinski definition) is 2. The van der Waals surface area contributed by atoms with Crippen molar-refractivity contribution in [1.82, 2.24) is 4.90 Å². The number of nitrogens with two attached hydrogens (primary N) is 1. The van der Waals surface area contributed by atoms with Gasteiger partial charge in [-0.1, -0.05) is 12.1 Å². The lowest BCUT2D eigenvalue weighted by Crippen LogP contribution is -2.44. The summed E-state index contributed by atoms with van der Waals surface area (Å²) in [5.41, 5.74) is 4.91. The number of rotatable bonds is 6. The van der Waals surface area contributed by atoms with Crippen LogP contribution in [0.5, 0.6) is 0 Å². The molecule has 5 nitrogen and oxygen atoms in total. The van der Waals surface area contributed by atoms with Crippen LogP contribution >= 0.6 is 0 Å². The lowest BCUT2D eigenvalue weighted by atomic mass is 10.0. The average molecular weight is 280 g/mol. The fourth-order valence-electron chi connectivity index (χ4n) is 2.18. The maximum Gasteiger partial charge on any atom is 0.238 e. The molecule has 0 spiro atoms. The van der Waals surface area contributed by atoms with Crippen LogP contribution in [-0.4, -0.2) is 35.0 Å². The SMILES string of the molecule is NC(=O)C1(C(=O)N(CCO)Cc2ccc(F)cc2)CC1. The lowest BCUT2D eigenvalue weighted by Gasteiger charge is -2.25. The first-order valence-corrected chi connectivity index (χ1v) is 6.44. The van der Waals surface area contributed by atoms with Crippen LogP contribution in [0.1, 0.15) is 18.4 Å². The topological polar surface area (TPSA) is 83.6 Å². The van der Waals surface area contributed by atoms with Crippen LogP contribution in [0.2, 0.25) is 0 Å². The zero-order valence-corrected chi connectivity index (χ0v) is 11.0. The molecule has 0 aliphatic heterocycles. The van der Waals surface area contributed by atoms with E-state index in [0.717, 1.165) is 5.56 Å². The second kappa shape index (κ2) is 5.58. The van der Waals surface area contributed by atoms with Crippen molar-refractivity contribution in [3.63, 3.8) is 0 Å². The molecule has 0 atom stereocenters. The van der Waals surface area contributed by atoms with Gasteiger partial charge in [-0.2, -0.15) is 0 Å². The Bertz CT molecular complexity index is 512. The van der Waals surface area contributed by atoms with Crippen LogP contribution in [0.15, 0.2) is 24.3 Å². The Morgan fingerprint density at radius 3 is 2.35 bits per heavy atom. The number of nitrogens with zero attached hydrogens (tertiary/aromatic N) is 1. The van der Waals surface area contributed by atoms with Gasteiger partial charge in [0.05, 0.1) is 6.61 Å². The highest BCUT2D eigenvalue weighted by atomic mass is 19.1. The molecule has 2 amide bonds. The van der Waals surface area contributed by atoms with Crippen molar-refractivity contribution in [1.29, 1.82) is 0 Å². The Hall–Kier alpha value is -1.95. The molecule has 108 valence electrons.